The standard InChI is InChI=1S/C9H8O2/c1-6-7-4-2-3-5-8(7)9(10)11-6/h2-6H,1H3/i6D. The molecule has 1 unspecified atom stereocenters. The first-order chi connectivity index (χ1) is 5.61. The van der Waals surface area contributed by atoms with Crippen LogP contribution in [-0.4, -0.2) is 5.97 Å². The monoisotopic (exact) mass is 149 g/mol. The third-order valence-corrected chi connectivity index (χ3v) is 1.77. The fraction of sp³-hybridized carbons (Fsp3) is 0.222. The molecule has 0 spiro atoms. The van der Waals surface area contributed by atoms with E-state index in [2.05, 4.69) is 0 Å². The molecule has 2 nitrogen and oxygen atoms in total. The summed E-state index contributed by atoms with van der Waals surface area (Å²) in [7, 11) is 0. The molecule has 0 N–H and O–H groups in total. The van der Waals surface area contributed by atoms with Crippen molar-refractivity contribution >= 4 is 5.97 Å². The normalized spacial score (nSPS) is 29.2. The zero-order valence-electron chi connectivity index (χ0n) is 7.13. The molecule has 1 aliphatic heterocycles. The molecular weight excluding hydrogens is 140 g/mol. The summed E-state index contributed by atoms with van der Waals surface area (Å²) in [6.45, 7) is 1.57. The Balaban J connectivity index is 2.66. The van der Waals surface area contributed by atoms with Crippen LogP contribution in [0.2, 0.25) is 0 Å². The first-order valence-corrected chi connectivity index (χ1v) is 3.44. The lowest BCUT2D eigenvalue weighted by atomic mass is 10.1. The molecule has 1 aromatic rings. The van der Waals surface area contributed by atoms with E-state index in [1.165, 1.54) is 0 Å². The van der Waals surface area contributed by atoms with E-state index in [1.807, 2.05) is 0 Å². The van der Waals surface area contributed by atoms with Crippen molar-refractivity contribution in [1.82, 2.24) is 0 Å². The quantitative estimate of drug-likeness (QED) is 0.527. The largest absolute Gasteiger partial charge is 0.454 e. The highest BCUT2D eigenvalue weighted by atomic mass is 16.5. The fourth-order valence-electron chi connectivity index (χ4n) is 1.22. The molecule has 1 aromatic carbocycles. The summed E-state index contributed by atoms with van der Waals surface area (Å²) < 4.78 is 12.5. The van der Waals surface area contributed by atoms with E-state index in [0.29, 0.717) is 11.1 Å². The van der Waals surface area contributed by atoms with Crippen molar-refractivity contribution in [3.8, 4) is 0 Å². The van der Waals surface area contributed by atoms with E-state index in [4.69, 9.17) is 6.11 Å². The Labute approximate surface area is 66.2 Å². The molecule has 1 aliphatic rings. The Morgan fingerprint density at radius 3 is 3.00 bits per heavy atom. The molecule has 0 radical (unpaired) electrons. The lowest BCUT2D eigenvalue weighted by Gasteiger charge is -1.99. The number of cyclic esters (lactones) is 1. The van der Waals surface area contributed by atoms with Gasteiger partial charge in [-0.3, -0.25) is 0 Å². The maximum atomic E-state index is 11.1. The smallest absolute Gasteiger partial charge is 0.339 e. The predicted molar refractivity (Wildman–Crippen MR) is 40.3 cm³/mol. The van der Waals surface area contributed by atoms with Crippen molar-refractivity contribution in [3.05, 3.63) is 35.4 Å². The number of fused-ring (bicyclic) bond motifs is 1. The number of carbonyl (C=O) groups is 1. The Morgan fingerprint density at radius 1 is 1.55 bits per heavy atom. The molecule has 2 rings (SSSR count). The second-order valence-electron chi connectivity index (χ2n) is 2.49. The summed E-state index contributed by atoms with van der Waals surface area (Å²) in [6.07, 6.45) is -1.20. The minimum Gasteiger partial charge on any atom is -0.454 e. The van der Waals surface area contributed by atoms with Crippen LogP contribution in [0.4, 0.5) is 0 Å². The molecule has 0 aliphatic carbocycles. The van der Waals surface area contributed by atoms with Crippen molar-refractivity contribution in [2.45, 2.75) is 13.0 Å². The fourth-order valence-corrected chi connectivity index (χ4v) is 1.22. The molecule has 0 fully saturated rings. The van der Waals surface area contributed by atoms with Gasteiger partial charge in [-0.2, -0.15) is 0 Å². The van der Waals surface area contributed by atoms with Crippen LogP contribution in [0.1, 0.15) is 30.3 Å². The number of hydrogen-bond acceptors (Lipinski definition) is 2. The Hall–Kier alpha value is -1.31. The molecule has 0 saturated carbocycles. The number of carbonyl (C=O) groups excluding carboxylic acids is 1. The van der Waals surface area contributed by atoms with E-state index in [-0.39, 0.29) is 0 Å². The second-order valence-corrected chi connectivity index (χ2v) is 2.49. The topological polar surface area (TPSA) is 26.3 Å². The molecule has 2 heteroatoms. The van der Waals surface area contributed by atoms with E-state index in [1.54, 1.807) is 31.2 Å². The van der Waals surface area contributed by atoms with Gasteiger partial charge in [0.1, 0.15) is 6.08 Å². The van der Waals surface area contributed by atoms with Gasteiger partial charge in [-0.15, -0.1) is 0 Å². The van der Waals surface area contributed by atoms with Gasteiger partial charge in [0, 0.05) is 5.56 Å². The number of rotatable bonds is 0. The second kappa shape index (κ2) is 2.09. The van der Waals surface area contributed by atoms with E-state index in [0.717, 1.165) is 0 Å². The lowest BCUT2D eigenvalue weighted by Crippen LogP contribution is -1.93. The van der Waals surface area contributed by atoms with Gasteiger partial charge in [0.15, 0.2) is 0 Å². The zero-order chi connectivity index (χ0) is 8.77. The molecule has 0 amide bonds. The van der Waals surface area contributed by atoms with Gasteiger partial charge in [0.25, 0.3) is 0 Å². The minimum atomic E-state index is -1.20. The number of hydrogen-bond donors (Lipinski definition) is 0. The van der Waals surface area contributed by atoms with Gasteiger partial charge in [-0.1, -0.05) is 18.2 Å². The molecule has 0 bridgehead atoms. The van der Waals surface area contributed by atoms with Crippen molar-refractivity contribution < 1.29 is 10.9 Å². The maximum absolute atomic E-state index is 11.1. The van der Waals surface area contributed by atoms with Crippen LogP contribution >= 0.6 is 0 Å². The third kappa shape index (κ3) is 0.827. The molecule has 1 atom stereocenters. The van der Waals surface area contributed by atoms with Gasteiger partial charge in [0.05, 0.1) is 6.93 Å². The molecule has 11 heavy (non-hydrogen) atoms. The maximum Gasteiger partial charge on any atom is 0.339 e. The molecule has 0 saturated heterocycles. The van der Waals surface area contributed by atoms with Gasteiger partial charge in [-0.25, -0.2) is 4.79 Å². The summed E-state index contributed by atoms with van der Waals surface area (Å²) in [5.74, 6) is -0.400. The van der Waals surface area contributed by atoms with E-state index < -0.39 is 12.0 Å². The molecule has 0 aromatic heterocycles. The van der Waals surface area contributed by atoms with Crippen LogP contribution in [-0.2, 0) is 4.74 Å². The van der Waals surface area contributed by atoms with Gasteiger partial charge in [0.2, 0.25) is 0 Å². The van der Waals surface area contributed by atoms with Gasteiger partial charge in [-0.05, 0) is 13.0 Å². The van der Waals surface area contributed by atoms with Crippen LogP contribution in [0.3, 0.4) is 0 Å². The summed E-state index contributed by atoms with van der Waals surface area (Å²) in [4.78, 5) is 11.1. The zero-order valence-corrected chi connectivity index (χ0v) is 6.13. The highest BCUT2D eigenvalue weighted by molar-refractivity contribution is 5.93. The summed E-state index contributed by atoms with van der Waals surface area (Å²) in [5, 5.41) is 0. The molecular formula is C9H8O2. The summed E-state index contributed by atoms with van der Waals surface area (Å²) >= 11 is 0. The Bertz CT molecular complexity index is 344. The highest BCUT2D eigenvalue weighted by Crippen LogP contribution is 2.29. The first-order valence-electron chi connectivity index (χ1n) is 3.94. The van der Waals surface area contributed by atoms with Crippen molar-refractivity contribution in [1.29, 1.82) is 0 Å². The van der Waals surface area contributed by atoms with E-state index in [9.17, 15) is 4.79 Å². The van der Waals surface area contributed by atoms with Crippen LogP contribution in [0.15, 0.2) is 24.3 Å². The summed E-state index contributed by atoms with van der Waals surface area (Å²) in [6, 6.07) is 6.99. The van der Waals surface area contributed by atoms with Crippen LogP contribution in [0.5, 0.6) is 0 Å². The van der Waals surface area contributed by atoms with Crippen molar-refractivity contribution in [2.24, 2.45) is 0 Å². The first kappa shape index (κ1) is 5.35. The number of benzene rings is 1. The van der Waals surface area contributed by atoms with Crippen LogP contribution in [0, 0.1) is 0 Å². The van der Waals surface area contributed by atoms with Crippen molar-refractivity contribution in [2.75, 3.05) is 0 Å². The predicted octanol–water partition coefficient (Wildman–Crippen LogP) is 1.92. The number of esters is 1. The Morgan fingerprint density at radius 2 is 2.27 bits per heavy atom. The van der Waals surface area contributed by atoms with Gasteiger partial charge >= 0.3 is 5.97 Å². The van der Waals surface area contributed by atoms with Crippen molar-refractivity contribution in [3.63, 3.8) is 0 Å². The minimum absolute atomic E-state index is 0.400. The average molecular weight is 149 g/mol. The van der Waals surface area contributed by atoms with E-state index >= 15 is 0 Å². The highest BCUT2D eigenvalue weighted by Gasteiger charge is 2.26. The SMILES string of the molecule is [2H]C1(C)OC(=O)c2ccccc21. The third-order valence-electron chi connectivity index (χ3n) is 1.77. The van der Waals surface area contributed by atoms with Crippen LogP contribution < -0.4 is 0 Å². The Kier molecular flexibility index (Phi) is 1.02. The summed E-state index contributed by atoms with van der Waals surface area (Å²) in [5.41, 5.74) is 1.16. The van der Waals surface area contributed by atoms with Crippen LogP contribution in [0.25, 0.3) is 0 Å². The molecule has 56 valence electrons. The lowest BCUT2D eigenvalue weighted by molar-refractivity contribution is 0.0422. The molecule has 1 heterocycles. The average Bonchev–Trinajstić information content (AvgIpc) is 2.25. The number of ether oxygens (including phenoxy) is 1. The van der Waals surface area contributed by atoms with Gasteiger partial charge < -0.3 is 4.74 Å².